The quantitative estimate of drug-likeness (QED) is 0.815. The monoisotopic (exact) mass is 306 g/mol. The van der Waals surface area contributed by atoms with Crippen molar-refractivity contribution in [3.05, 3.63) is 12.3 Å². The van der Waals surface area contributed by atoms with Gasteiger partial charge in [0.15, 0.2) is 0 Å². The van der Waals surface area contributed by atoms with Crippen molar-refractivity contribution in [3.8, 4) is 0 Å². The number of nitrogen functional groups attached to an aromatic ring is 1. The van der Waals surface area contributed by atoms with Crippen molar-refractivity contribution in [3.63, 3.8) is 0 Å². The van der Waals surface area contributed by atoms with Crippen LogP contribution in [0.2, 0.25) is 0 Å². The van der Waals surface area contributed by atoms with Crippen LogP contribution >= 0.6 is 0 Å². The van der Waals surface area contributed by atoms with E-state index >= 15 is 0 Å². The standard InChI is InChI=1S/C15H26N6O/c16-14-2-3-17-15(18-14)21-8-6-19(7-9-21)4-1-5-20-10-12-22-13-11-20/h2-3H,1,4-13H2,(H2,16,17,18). The second-order valence-corrected chi connectivity index (χ2v) is 5.92. The number of nitrogens with two attached hydrogens (primary N) is 1. The minimum atomic E-state index is 0.540. The average Bonchev–Trinajstić information content (AvgIpc) is 2.56. The highest BCUT2D eigenvalue weighted by Crippen LogP contribution is 2.12. The van der Waals surface area contributed by atoms with Crippen molar-refractivity contribution in [1.82, 2.24) is 19.8 Å². The summed E-state index contributed by atoms with van der Waals surface area (Å²) < 4.78 is 5.38. The average molecular weight is 306 g/mol. The van der Waals surface area contributed by atoms with Gasteiger partial charge in [-0.3, -0.25) is 9.80 Å². The number of nitrogens with zero attached hydrogens (tertiary/aromatic N) is 5. The maximum absolute atomic E-state index is 5.73. The molecule has 0 amide bonds. The number of hydrogen-bond acceptors (Lipinski definition) is 7. The lowest BCUT2D eigenvalue weighted by molar-refractivity contribution is 0.0360. The predicted molar refractivity (Wildman–Crippen MR) is 87.0 cm³/mol. The van der Waals surface area contributed by atoms with Gasteiger partial charge in [-0.05, 0) is 25.6 Å². The third-order valence-corrected chi connectivity index (χ3v) is 4.37. The molecule has 0 aliphatic carbocycles. The second kappa shape index (κ2) is 7.71. The fourth-order valence-electron chi connectivity index (χ4n) is 3.03. The predicted octanol–water partition coefficient (Wildman–Crippen LogP) is -0.0969. The van der Waals surface area contributed by atoms with Gasteiger partial charge in [-0.25, -0.2) is 4.98 Å². The first-order valence-electron chi connectivity index (χ1n) is 8.17. The van der Waals surface area contributed by atoms with Crippen molar-refractivity contribution >= 4 is 11.8 Å². The lowest BCUT2D eigenvalue weighted by Crippen LogP contribution is -2.47. The molecular formula is C15H26N6O. The molecule has 0 bridgehead atoms. The van der Waals surface area contributed by atoms with E-state index in [4.69, 9.17) is 10.5 Å². The number of aromatic nitrogens is 2. The normalized spacial score (nSPS) is 21.2. The molecule has 2 saturated heterocycles. The Kier molecular flexibility index (Phi) is 5.42. The van der Waals surface area contributed by atoms with Gasteiger partial charge in [0.25, 0.3) is 0 Å². The molecule has 0 saturated carbocycles. The summed E-state index contributed by atoms with van der Waals surface area (Å²) in [4.78, 5) is 15.9. The summed E-state index contributed by atoms with van der Waals surface area (Å²) in [5.74, 6) is 1.30. The zero-order valence-electron chi connectivity index (χ0n) is 13.2. The van der Waals surface area contributed by atoms with Crippen LogP contribution in [0.4, 0.5) is 11.8 Å². The van der Waals surface area contributed by atoms with Crippen LogP contribution < -0.4 is 10.6 Å². The summed E-state index contributed by atoms with van der Waals surface area (Å²) in [7, 11) is 0. The van der Waals surface area contributed by atoms with Crippen LogP contribution in [0.25, 0.3) is 0 Å². The molecule has 0 spiro atoms. The third kappa shape index (κ3) is 4.28. The van der Waals surface area contributed by atoms with Gasteiger partial charge in [0.05, 0.1) is 13.2 Å². The molecule has 2 fully saturated rings. The highest BCUT2D eigenvalue weighted by atomic mass is 16.5. The number of ether oxygens (including phenoxy) is 1. The van der Waals surface area contributed by atoms with E-state index in [9.17, 15) is 0 Å². The Morgan fingerprint density at radius 3 is 2.36 bits per heavy atom. The third-order valence-electron chi connectivity index (χ3n) is 4.37. The number of morpholine rings is 1. The van der Waals surface area contributed by atoms with Crippen LogP contribution in [-0.2, 0) is 4.74 Å². The summed E-state index contributed by atoms with van der Waals surface area (Å²) in [5, 5.41) is 0. The Balaban J connectivity index is 1.36. The van der Waals surface area contributed by atoms with Crippen LogP contribution in [0.15, 0.2) is 12.3 Å². The van der Waals surface area contributed by atoms with Crippen molar-refractivity contribution in [2.45, 2.75) is 6.42 Å². The van der Waals surface area contributed by atoms with Gasteiger partial charge in [-0.2, -0.15) is 4.98 Å². The molecule has 1 aromatic heterocycles. The van der Waals surface area contributed by atoms with Gasteiger partial charge in [-0.15, -0.1) is 0 Å². The number of piperazine rings is 1. The van der Waals surface area contributed by atoms with Gasteiger partial charge in [0, 0.05) is 45.5 Å². The van der Waals surface area contributed by atoms with Gasteiger partial charge in [-0.1, -0.05) is 0 Å². The summed E-state index contributed by atoms with van der Waals surface area (Å²) >= 11 is 0. The minimum Gasteiger partial charge on any atom is -0.384 e. The molecular weight excluding hydrogens is 280 g/mol. The molecule has 3 rings (SSSR count). The van der Waals surface area contributed by atoms with Crippen molar-refractivity contribution < 1.29 is 4.74 Å². The lowest BCUT2D eigenvalue weighted by Gasteiger charge is -2.35. The van der Waals surface area contributed by atoms with E-state index in [2.05, 4.69) is 24.7 Å². The molecule has 0 unspecified atom stereocenters. The van der Waals surface area contributed by atoms with E-state index in [0.29, 0.717) is 5.82 Å². The Hall–Kier alpha value is -1.44. The largest absolute Gasteiger partial charge is 0.384 e. The van der Waals surface area contributed by atoms with Crippen molar-refractivity contribution in [2.24, 2.45) is 0 Å². The number of hydrogen-bond donors (Lipinski definition) is 1. The van der Waals surface area contributed by atoms with Crippen LogP contribution in [-0.4, -0.2) is 85.3 Å². The van der Waals surface area contributed by atoms with E-state index in [1.54, 1.807) is 12.3 Å². The second-order valence-electron chi connectivity index (χ2n) is 5.92. The molecule has 7 heteroatoms. The maximum Gasteiger partial charge on any atom is 0.227 e. The summed E-state index contributed by atoms with van der Waals surface area (Å²) in [6.45, 7) is 10.4. The topological polar surface area (TPSA) is 70.8 Å². The number of anilines is 2. The van der Waals surface area contributed by atoms with Crippen molar-refractivity contribution in [2.75, 3.05) is 76.2 Å². The number of rotatable bonds is 5. The summed E-state index contributed by atoms with van der Waals surface area (Å²) in [5.41, 5.74) is 5.73. The Morgan fingerprint density at radius 1 is 1.00 bits per heavy atom. The fraction of sp³-hybridized carbons (Fsp3) is 0.733. The van der Waals surface area contributed by atoms with E-state index in [1.165, 1.54) is 19.5 Å². The fourth-order valence-corrected chi connectivity index (χ4v) is 3.03. The van der Waals surface area contributed by atoms with E-state index in [-0.39, 0.29) is 0 Å². The first kappa shape index (κ1) is 15.5. The van der Waals surface area contributed by atoms with Crippen molar-refractivity contribution in [1.29, 1.82) is 0 Å². The SMILES string of the molecule is Nc1ccnc(N2CCN(CCCN3CCOCC3)CC2)n1. The van der Waals surface area contributed by atoms with E-state index in [1.807, 2.05) is 0 Å². The molecule has 0 atom stereocenters. The molecule has 2 N–H and O–H groups in total. The summed E-state index contributed by atoms with van der Waals surface area (Å²) in [6.07, 6.45) is 2.96. The Morgan fingerprint density at radius 2 is 1.68 bits per heavy atom. The molecule has 0 radical (unpaired) electrons. The lowest BCUT2D eigenvalue weighted by atomic mass is 10.2. The van der Waals surface area contributed by atoms with E-state index in [0.717, 1.165) is 58.4 Å². The Bertz CT molecular complexity index is 457. The molecule has 0 aromatic carbocycles. The molecule has 2 aliphatic rings. The summed E-state index contributed by atoms with van der Waals surface area (Å²) in [6, 6.07) is 1.73. The molecule has 3 heterocycles. The minimum absolute atomic E-state index is 0.540. The maximum atomic E-state index is 5.73. The molecule has 7 nitrogen and oxygen atoms in total. The first-order chi connectivity index (χ1) is 10.8. The van der Waals surface area contributed by atoms with Gasteiger partial charge >= 0.3 is 0 Å². The van der Waals surface area contributed by atoms with Crippen LogP contribution in [0.3, 0.4) is 0 Å². The zero-order valence-corrected chi connectivity index (χ0v) is 13.2. The highest BCUT2D eigenvalue weighted by Gasteiger charge is 2.19. The van der Waals surface area contributed by atoms with Gasteiger partial charge in [0.2, 0.25) is 5.95 Å². The molecule has 2 aliphatic heterocycles. The van der Waals surface area contributed by atoms with Gasteiger partial charge in [0.1, 0.15) is 5.82 Å². The van der Waals surface area contributed by atoms with Gasteiger partial charge < -0.3 is 15.4 Å². The molecule has 122 valence electrons. The molecule has 22 heavy (non-hydrogen) atoms. The van der Waals surface area contributed by atoms with Crippen LogP contribution in [0, 0.1) is 0 Å². The Labute approximate surface area is 132 Å². The first-order valence-corrected chi connectivity index (χ1v) is 8.17. The van der Waals surface area contributed by atoms with Crippen LogP contribution in [0.5, 0.6) is 0 Å². The molecule has 1 aromatic rings. The zero-order chi connectivity index (χ0) is 15.2. The van der Waals surface area contributed by atoms with E-state index < -0.39 is 0 Å². The van der Waals surface area contributed by atoms with Crippen LogP contribution in [0.1, 0.15) is 6.42 Å². The highest BCUT2D eigenvalue weighted by molar-refractivity contribution is 5.38. The smallest absolute Gasteiger partial charge is 0.227 e.